The van der Waals surface area contributed by atoms with E-state index < -0.39 is 9.84 Å². The minimum absolute atomic E-state index is 0.00776. The normalized spacial score (nSPS) is 28.9. The van der Waals surface area contributed by atoms with Crippen LogP contribution in [0.2, 0.25) is 0 Å². The monoisotopic (exact) mass is 365 g/mol. The first-order chi connectivity index (χ1) is 12.0. The fraction of sp³-hybridized carbons (Fsp3) is 0.765. The molecular weight excluding hydrogens is 338 g/mol. The molecule has 8 heteroatoms. The number of nitrogens with one attached hydrogen (secondary N) is 1. The van der Waals surface area contributed by atoms with Gasteiger partial charge < -0.3 is 15.1 Å². The summed E-state index contributed by atoms with van der Waals surface area (Å²) >= 11 is 0. The minimum Gasteiger partial charge on any atom is -0.350 e. The molecule has 0 spiro atoms. The van der Waals surface area contributed by atoms with E-state index in [0.29, 0.717) is 0 Å². The van der Waals surface area contributed by atoms with Crippen molar-refractivity contribution in [3.63, 3.8) is 0 Å². The maximum Gasteiger partial charge on any atom is 0.227 e. The van der Waals surface area contributed by atoms with Gasteiger partial charge in [-0.25, -0.2) is 13.4 Å². The largest absolute Gasteiger partial charge is 0.350 e. The van der Waals surface area contributed by atoms with Crippen LogP contribution in [0.25, 0.3) is 0 Å². The molecule has 7 nitrogen and oxygen atoms in total. The number of sulfone groups is 1. The van der Waals surface area contributed by atoms with Crippen molar-refractivity contribution in [3.8, 4) is 0 Å². The van der Waals surface area contributed by atoms with Gasteiger partial charge in [0.15, 0.2) is 9.84 Å². The zero-order valence-electron chi connectivity index (χ0n) is 14.8. The Bertz CT molecular complexity index is 720. The highest BCUT2D eigenvalue weighted by atomic mass is 32.2. The van der Waals surface area contributed by atoms with Crippen molar-refractivity contribution < 1.29 is 8.42 Å². The third-order valence-corrected chi connectivity index (χ3v) is 7.47. The van der Waals surface area contributed by atoms with Crippen LogP contribution in [0.15, 0.2) is 12.3 Å². The SMILES string of the molecule is CN(CC1CCCC1)c1nccc(N2CCN[C@@H]3CS(=O)(=O)C[C@@H]32)n1. The highest BCUT2D eigenvalue weighted by molar-refractivity contribution is 7.91. The molecule has 0 unspecified atom stereocenters. The highest BCUT2D eigenvalue weighted by Gasteiger charge is 2.43. The van der Waals surface area contributed by atoms with E-state index in [2.05, 4.69) is 27.1 Å². The number of anilines is 2. The van der Waals surface area contributed by atoms with Crippen LogP contribution < -0.4 is 15.1 Å². The van der Waals surface area contributed by atoms with E-state index in [1.165, 1.54) is 25.7 Å². The Morgan fingerprint density at radius 3 is 2.92 bits per heavy atom. The molecule has 1 saturated carbocycles. The fourth-order valence-electron chi connectivity index (χ4n) is 4.50. The summed E-state index contributed by atoms with van der Waals surface area (Å²) in [5, 5.41) is 3.35. The van der Waals surface area contributed by atoms with Crippen LogP contribution in [0, 0.1) is 5.92 Å². The molecule has 25 heavy (non-hydrogen) atoms. The Hall–Kier alpha value is -1.41. The van der Waals surface area contributed by atoms with Gasteiger partial charge in [0.2, 0.25) is 5.95 Å². The third kappa shape index (κ3) is 3.60. The fourth-order valence-corrected chi connectivity index (χ4v) is 6.45. The van der Waals surface area contributed by atoms with Gasteiger partial charge in [-0.1, -0.05) is 12.8 Å². The standard InChI is InChI=1S/C17H27N5O2S/c1-21(10-13-4-2-3-5-13)17-19-7-6-16(20-17)22-9-8-18-14-11-25(23,24)12-15(14)22/h6-7,13-15,18H,2-5,8-12H2,1H3/t14-,15+/m1/s1. The molecule has 0 aromatic carbocycles. The number of rotatable bonds is 4. The van der Waals surface area contributed by atoms with E-state index in [-0.39, 0.29) is 23.6 Å². The van der Waals surface area contributed by atoms with Gasteiger partial charge in [0, 0.05) is 38.9 Å². The number of hydrogen-bond acceptors (Lipinski definition) is 7. The zero-order chi connectivity index (χ0) is 17.4. The average Bonchev–Trinajstić information content (AvgIpc) is 3.20. The molecule has 3 fully saturated rings. The van der Waals surface area contributed by atoms with Crippen LogP contribution in [0.5, 0.6) is 0 Å². The first-order valence-electron chi connectivity index (χ1n) is 9.26. The van der Waals surface area contributed by atoms with Crippen molar-refractivity contribution in [2.24, 2.45) is 5.92 Å². The van der Waals surface area contributed by atoms with Crippen LogP contribution in [-0.2, 0) is 9.84 Å². The summed E-state index contributed by atoms with van der Waals surface area (Å²) in [5.74, 6) is 2.76. The lowest BCUT2D eigenvalue weighted by Crippen LogP contribution is -2.57. The summed E-state index contributed by atoms with van der Waals surface area (Å²) in [5.41, 5.74) is 0. The molecule has 1 N–H and O–H groups in total. The average molecular weight is 366 g/mol. The summed E-state index contributed by atoms with van der Waals surface area (Å²) in [7, 11) is -0.916. The molecule has 0 radical (unpaired) electrons. The molecule has 0 amide bonds. The summed E-state index contributed by atoms with van der Waals surface area (Å²) < 4.78 is 24.1. The quantitative estimate of drug-likeness (QED) is 0.840. The van der Waals surface area contributed by atoms with Crippen molar-refractivity contribution in [1.82, 2.24) is 15.3 Å². The summed E-state index contributed by atoms with van der Waals surface area (Å²) in [4.78, 5) is 13.5. The van der Waals surface area contributed by atoms with E-state index >= 15 is 0 Å². The molecule has 2 saturated heterocycles. The summed E-state index contributed by atoms with van der Waals surface area (Å²) in [6.07, 6.45) is 7.05. The van der Waals surface area contributed by atoms with Crippen LogP contribution in [0.3, 0.4) is 0 Å². The van der Waals surface area contributed by atoms with Gasteiger partial charge in [-0.15, -0.1) is 0 Å². The minimum atomic E-state index is -2.97. The Morgan fingerprint density at radius 2 is 2.12 bits per heavy atom. The number of piperazine rings is 1. The second kappa shape index (κ2) is 6.72. The van der Waals surface area contributed by atoms with E-state index in [1.807, 2.05) is 6.07 Å². The molecule has 1 aliphatic carbocycles. The molecule has 138 valence electrons. The van der Waals surface area contributed by atoms with E-state index in [0.717, 1.165) is 37.3 Å². The lowest BCUT2D eigenvalue weighted by Gasteiger charge is -2.38. The van der Waals surface area contributed by atoms with Crippen molar-refractivity contribution in [3.05, 3.63) is 12.3 Å². The third-order valence-electron chi connectivity index (χ3n) is 5.75. The summed E-state index contributed by atoms with van der Waals surface area (Å²) in [6.45, 7) is 2.55. The number of fused-ring (bicyclic) bond motifs is 1. The van der Waals surface area contributed by atoms with Crippen molar-refractivity contribution >= 4 is 21.6 Å². The van der Waals surface area contributed by atoms with E-state index in [1.54, 1.807) is 6.20 Å². The molecule has 2 aliphatic heterocycles. The van der Waals surface area contributed by atoms with Gasteiger partial charge in [0.25, 0.3) is 0 Å². The first kappa shape index (κ1) is 17.0. The zero-order valence-corrected chi connectivity index (χ0v) is 15.6. The second-order valence-electron chi connectivity index (χ2n) is 7.64. The molecule has 3 heterocycles. The molecule has 4 rings (SSSR count). The Labute approximate surface area is 149 Å². The van der Waals surface area contributed by atoms with Crippen molar-refractivity contribution in [1.29, 1.82) is 0 Å². The van der Waals surface area contributed by atoms with Gasteiger partial charge in [0.1, 0.15) is 5.82 Å². The summed E-state index contributed by atoms with van der Waals surface area (Å²) in [6, 6.07) is 1.88. The molecule has 3 aliphatic rings. The van der Waals surface area contributed by atoms with Gasteiger partial charge in [-0.2, -0.15) is 4.98 Å². The topological polar surface area (TPSA) is 78.4 Å². The van der Waals surface area contributed by atoms with Crippen LogP contribution in [0.4, 0.5) is 11.8 Å². The number of hydrogen-bond donors (Lipinski definition) is 1. The highest BCUT2D eigenvalue weighted by Crippen LogP contribution is 2.28. The number of nitrogens with zero attached hydrogens (tertiary/aromatic N) is 4. The smallest absolute Gasteiger partial charge is 0.227 e. The molecule has 1 aromatic rings. The number of aromatic nitrogens is 2. The predicted molar refractivity (Wildman–Crippen MR) is 98.8 cm³/mol. The second-order valence-corrected chi connectivity index (χ2v) is 9.80. The van der Waals surface area contributed by atoms with Crippen molar-refractivity contribution in [2.45, 2.75) is 37.8 Å². The lowest BCUT2D eigenvalue weighted by molar-refractivity contribution is 0.422. The van der Waals surface area contributed by atoms with E-state index in [4.69, 9.17) is 4.98 Å². The molecule has 0 bridgehead atoms. The van der Waals surface area contributed by atoms with Gasteiger partial charge >= 0.3 is 0 Å². The molecule has 2 atom stereocenters. The van der Waals surface area contributed by atoms with Crippen molar-refractivity contribution in [2.75, 3.05) is 48.0 Å². The van der Waals surface area contributed by atoms with Gasteiger partial charge in [-0.05, 0) is 24.8 Å². The predicted octanol–water partition coefficient (Wildman–Crippen LogP) is 0.678. The Kier molecular flexibility index (Phi) is 4.58. The molecule has 1 aromatic heterocycles. The van der Waals surface area contributed by atoms with E-state index in [9.17, 15) is 8.42 Å². The van der Waals surface area contributed by atoms with Gasteiger partial charge in [-0.3, -0.25) is 0 Å². The Morgan fingerprint density at radius 1 is 1.32 bits per heavy atom. The van der Waals surface area contributed by atoms with Gasteiger partial charge in [0.05, 0.1) is 17.5 Å². The maximum atomic E-state index is 12.0. The first-order valence-corrected chi connectivity index (χ1v) is 11.1. The van der Waals surface area contributed by atoms with Crippen LogP contribution >= 0.6 is 0 Å². The molecular formula is C17H27N5O2S. The Balaban J connectivity index is 1.52. The lowest BCUT2D eigenvalue weighted by atomic mass is 10.1. The van der Waals surface area contributed by atoms with Crippen LogP contribution in [-0.4, -0.2) is 68.7 Å². The van der Waals surface area contributed by atoms with Crippen LogP contribution in [0.1, 0.15) is 25.7 Å². The maximum absolute atomic E-state index is 12.0.